The summed E-state index contributed by atoms with van der Waals surface area (Å²) in [4.78, 5) is 2.57. The van der Waals surface area contributed by atoms with Gasteiger partial charge in [0.25, 0.3) is 0 Å². The average Bonchev–Trinajstić information content (AvgIpc) is 3.45. The van der Waals surface area contributed by atoms with E-state index in [1.54, 1.807) is 5.57 Å². The molecule has 0 spiro atoms. The zero-order chi connectivity index (χ0) is 26.0. The Balaban J connectivity index is 1.32. The van der Waals surface area contributed by atoms with Crippen LogP contribution in [0.15, 0.2) is 101 Å². The van der Waals surface area contributed by atoms with Gasteiger partial charge in [0.2, 0.25) is 0 Å². The van der Waals surface area contributed by atoms with Crippen molar-refractivity contribution in [3.63, 3.8) is 0 Å². The smallest absolute Gasteiger partial charge is 0.137 e. The maximum Gasteiger partial charge on any atom is 0.137 e. The first-order valence-electron chi connectivity index (χ1n) is 14.0. The van der Waals surface area contributed by atoms with Crippen molar-refractivity contribution in [1.82, 2.24) is 10.2 Å². The maximum atomic E-state index is 6.62. The topological polar surface area (TPSA) is 28.4 Å². The summed E-state index contributed by atoms with van der Waals surface area (Å²) in [7, 11) is 0. The predicted molar refractivity (Wildman–Crippen MR) is 158 cm³/mol. The number of hydrogen-bond donors (Lipinski definition) is 1. The quantitative estimate of drug-likeness (QED) is 0.395. The Morgan fingerprint density at radius 1 is 1.03 bits per heavy atom. The van der Waals surface area contributed by atoms with Crippen LogP contribution in [0.1, 0.15) is 62.5 Å². The molecule has 1 aromatic heterocycles. The molecule has 3 nitrogen and oxygen atoms in total. The van der Waals surface area contributed by atoms with Gasteiger partial charge in [-0.15, -0.1) is 0 Å². The lowest BCUT2D eigenvalue weighted by atomic mass is 9.79. The SMILES string of the molecule is CC1CC2=C(c3oc4ccccc4c31)C1C=CC=CN1[C@@H]2Cc1ccccc1C1=CC(C(C)(C)C)=CCN1. The lowest BCUT2D eigenvalue weighted by Gasteiger charge is -2.32. The summed E-state index contributed by atoms with van der Waals surface area (Å²) < 4.78 is 6.62. The number of allylic oxidation sites excluding steroid dienone is 4. The van der Waals surface area contributed by atoms with Crippen LogP contribution < -0.4 is 5.32 Å². The van der Waals surface area contributed by atoms with Crippen molar-refractivity contribution in [2.24, 2.45) is 5.41 Å². The number of fused-ring (bicyclic) bond motifs is 6. The second-order valence-corrected chi connectivity index (χ2v) is 12.2. The van der Waals surface area contributed by atoms with Gasteiger partial charge in [-0.3, -0.25) is 0 Å². The monoisotopic (exact) mass is 500 g/mol. The summed E-state index contributed by atoms with van der Waals surface area (Å²) in [6, 6.07) is 18.1. The Labute approximate surface area is 225 Å². The van der Waals surface area contributed by atoms with E-state index >= 15 is 0 Å². The van der Waals surface area contributed by atoms with Gasteiger partial charge in [0.15, 0.2) is 0 Å². The van der Waals surface area contributed by atoms with Gasteiger partial charge < -0.3 is 14.6 Å². The summed E-state index contributed by atoms with van der Waals surface area (Å²) >= 11 is 0. The summed E-state index contributed by atoms with van der Waals surface area (Å²) in [5.74, 6) is 1.55. The highest BCUT2D eigenvalue weighted by Crippen LogP contribution is 2.52. The van der Waals surface area contributed by atoms with Gasteiger partial charge in [-0.25, -0.2) is 0 Å². The molecule has 3 atom stereocenters. The lowest BCUT2D eigenvalue weighted by molar-refractivity contribution is 0.315. The van der Waals surface area contributed by atoms with Crippen molar-refractivity contribution in [3.05, 3.63) is 119 Å². The van der Waals surface area contributed by atoms with E-state index in [9.17, 15) is 0 Å². The number of rotatable bonds is 3. The minimum atomic E-state index is 0.133. The first kappa shape index (κ1) is 23.4. The molecule has 192 valence electrons. The fourth-order valence-corrected chi connectivity index (χ4v) is 6.95. The van der Waals surface area contributed by atoms with Crippen LogP contribution in [0.2, 0.25) is 0 Å². The van der Waals surface area contributed by atoms with E-state index in [-0.39, 0.29) is 11.5 Å². The van der Waals surface area contributed by atoms with Crippen LogP contribution in [0, 0.1) is 5.41 Å². The second kappa shape index (κ2) is 8.66. The number of hydrogen-bond acceptors (Lipinski definition) is 3. The van der Waals surface area contributed by atoms with Gasteiger partial charge in [0, 0.05) is 40.5 Å². The molecule has 1 aliphatic carbocycles. The summed E-state index contributed by atoms with van der Waals surface area (Å²) in [5.41, 5.74) is 10.8. The van der Waals surface area contributed by atoms with Gasteiger partial charge in [0.1, 0.15) is 11.3 Å². The summed E-state index contributed by atoms with van der Waals surface area (Å²) in [6.07, 6.45) is 15.7. The normalized spacial score (nSPS) is 24.1. The standard InChI is InChI=1S/C35H36N2O/c1-22-19-27-30(20-23-11-5-6-12-25(23)28-21-24(16-17-36-28)35(2,3)4)37-18-10-9-14-29(37)33(27)34-32(22)26-13-7-8-15-31(26)38-34/h5-16,18,21-22,29-30,36H,17,19-20H2,1-4H3/t22?,29?,30-/m1/s1. The number of benzene rings is 2. The van der Waals surface area contributed by atoms with Crippen LogP contribution in [0.5, 0.6) is 0 Å². The lowest BCUT2D eigenvalue weighted by Crippen LogP contribution is -2.35. The zero-order valence-corrected chi connectivity index (χ0v) is 22.8. The predicted octanol–water partition coefficient (Wildman–Crippen LogP) is 7.99. The highest BCUT2D eigenvalue weighted by atomic mass is 16.3. The van der Waals surface area contributed by atoms with Crippen LogP contribution in [0.3, 0.4) is 0 Å². The van der Waals surface area contributed by atoms with Crippen molar-refractivity contribution < 1.29 is 4.42 Å². The van der Waals surface area contributed by atoms with Crippen LogP contribution in [-0.4, -0.2) is 23.5 Å². The molecule has 3 aliphatic heterocycles. The number of dihydropyridines is 1. The highest BCUT2D eigenvalue weighted by Gasteiger charge is 2.45. The van der Waals surface area contributed by atoms with E-state index in [4.69, 9.17) is 4.42 Å². The molecule has 0 fully saturated rings. The first-order chi connectivity index (χ1) is 18.4. The molecular weight excluding hydrogens is 464 g/mol. The molecule has 3 aromatic rings. The number of furan rings is 1. The van der Waals surface area contributed by atoms with Crippen LogP contribution in [0.25, 0.3) is 22.2 Å². The minimum absolute atomic E-state index is 0.133. The molecule has 3 heteroatoms. The van der Waals surface area contributed by atoms with Gasteiger partial charge in [-0.1, -0.05) is 88.4 Å². The Morgan fingerprint density at radius 3 is 2.71 bits per heavy atom. The summed E-state index contributed by atoms with van der Waals surface area (Å²) in [6.45, 7) is 10.1. The largest absolute Gasteiger partial charge is 0.456 e. The van der Waals surface area contributed by atoms with Gasteiger partial charge in [-0.05, 0) is 59.1 Å². The number of para-hydroxylation sites is 1. The van der Waals surface area contributed by atoms with E-state index in [0.717, 1.165) is 30.7 Å². The average molecular weight is 501 g/mol. The van der Waals surface area contributed by atoms with E-state index in [1.165, 1.54) is 38.9 Å². The van der Waals surface area contributed by atoms with Gasteiger partial charge in [-0.2, -0.15) is 0 Å². The number of nitrogens with zero attached hydrogens (tertiary/aromatic N) is 1. The third-order valence-electron chi connectivity index (χ3n) is 8.79. The molecule has 0 bridgehead atoms. The molecule has 38 heavy (non-hydrogen) atoms. The third-order valence-corrected chi connectivity index (χ3v) is 8.79. The molecule has 0 saturated heterocycles. The van der Waals surface area contributed by atoms with Crippen molar-refractivity contribution in [1.29, 1.82) is 0 Å². The Hall–Kier alpha value is -3.72. The second-order valence-electron chi connectivity index (χ2n) is 12.2. The fourth-order valence-electron chi connectivity index (χ4n) is 6.95. The highest BCUT2D eigenvalue weighted by molar-refractivity contribution is 5.91. The maximum absolute atomic E-state index is 6.62. The Bertz CT molecular complexity index is 1590. The van der Waals surface area contributed by atoms with E-state index in [2.05, 4.69) is 123 Å². The van der Waals surface area contributed by atoms with Gasteiger partial charge in [0.05, 0.1) is 12.1 Å². The zero-order valence-electron chi connectivity index (χ0n) is 22.8. The van der Waals surface area contributed by atoms with E-state index in [1.807, 2.05) is 0 Å². The van der Waals surface area contributed by atoms with Crippen LogP contribution >= 0.6 is 0 Å². The van der Waals surface area contributed by atoms with Crippen molar-refractivity contribution in [2.75, 3.05) is 6.54 Å². The van der Waals surface area contributed by atoms with E-state index in [0.29, 0.717) is 12.0 Å². The molecule has 4 heterocycles. The van der Waals surface area contributed by atoms with Crippen molar-refractivity contribution in [2.45, 2.75) is 58.5 Å². The van der Waals surface area contributed by atoms with Crippen LogP contribution in [-0.2, 0) is 6.42 Å². The molecular formula is C35H36N2O. The minimum Gasteiger partial charge on any atom is -0.456 e. The van der Waals surface area contributed by atoms with Gasteiger partial charge >= 0.3 is 0 Å². The molecule has 0 amide bonds. The first-order valence-corrected chi connectivity index (χ1v) is 14.0. The Kier molecular flexibility index (Phi) is 5.33. The van der Waals surface area contributed by atoms with Crippen molar-refractivity contribution in [3.8, 4) is 0 Å². The third kappa shape index (κ3) is 3.63. The summed E-state index contributed by atoms with van der Waals surface area (Å²) in [5, 5.41) is 4.94. The van der Waals surface area contributed by atoms with Crippen LogP contribution in [0.4, 0.5) is 0 Å². The molecule has 0 radical (unpaired) electrons. The molecule has 7 rings (SSSR count). The number of nitrogens with one attached hydrogen (secondary N) is 1. The molecule has 1 N–H and O–H groups in total. The molecule has 2 aromatic carbocycles. The fraction of sp³-hybridized carbons (Fsp3) is 0.314. The molecule has 2 unspecified atom stereocenters. The van der Waals surface area contributed by atoms with E-state index < -0.39 is 0 Å². The van der Waals surface area contributed by atoms with Crippen molar-refractivity contribution >= 4 is 22.2 Å². The molecule has 0 saturated carbocycles. The molecule has 4 aliphatic rings. The Morgan fingerprint density at radius 2 is 1.84 bits per heavy atom.